The van der Waals surface area contributed by atoms with E-state index in [1.165, 1.54) is 0 Å². The Labute approximate surface area is 128 Å². The van der Waals surface area contributed by atoms with Gasteiger partial charge in [0.25, 0.3) is 0 Å². The summed E-state index contributed by atoms with van der Waals surface area (Å²) in [5.41, 5.74) is -1.08. The number of aliphatic hydroxyl groups excluding tert-OH is 1. The van der Waals surface area contributed by atoms with Crippen molar-refractivity contribution < 1.29 is 23.7 Å². The van der Waals surface area contributed by atoms with E-state index in [9.17, 15) is 19.0 Å². The zero-order chi connectivity index (χ0) is 16.9. The summed E-state index contributed by atoms with van der Waals surface area (Å²) in [4.78, 5) is 3.66. The maximum atomic E-state index is 13.7. The van der Waals surface area contributed by atoms with Gasteiger partial charge in [-0.25, -0.2) is 8.78 Å². The number of aliphatic hydroxyl groups is 1. The maximum absolute atomic E-state index is 13.7. The van der Waals surface area contributed by atoms with E-state index in [0.29, 0.717) is 0 Å². The second-order valence-electron chi connectivity index (χ2n) is 5.70. The molecule has 1 unspecified atom stereocenters. The van der Waals surface area contributed by atoms with Gasteiger partial charge >= 0.3 is 0 Å². The van der Waals surface area contributed by atoms with E-state index >= 15 is 0 Å². The van der Waals surface area contributed by atoms with Crippen molar-refractivity contribution in [2.45, 2.75) is 44.9 Å². The van der Waals surface area contributed by atoms with Crippen molar-refractivity contribution >= 4 is 6.08 Å². The van der Waals surface area contributed by atoms with Crippen LogP contribution < -0.4 is 5.11 Å². The van der Waals surface area contributed by atoms with Gasteiger partial charge in [0.05, 0.1) is 6.04 Å². The molecule has 0 aliphatic carbocycles. The van der Waals surface area contributed by atoms with E-state index in [1.807, 2.05) is 0 Å². The fraction of sp³-hybridized carbons (Fsp3) is 0.438. The first-order valence-corrected chi connectivity index (χ1v) is 6.64. The number of nitrogens with zero attached hydrogens (tertiary/aromatic N) is 1. The Morgan fingerprint density at radius 2 is 2.09 bits per heavy atom. The number of terminal acetylenes is 1. The van der Waals surface area contributed by atoms with Crippen molar-refractivity contribution in [1.82, 2.24) is 0 Å². The average Bonchev–Trinajstić information content (AvgIpc) is 2.38. The van der Waals surface area contributed by atoms with Gasteiger partial charge < -0.3 is 14.9 Å². The van der Waals surface area contributed by atoms with E-state index in [2.05, 4.69) is 10.9 Å². The predicted octanol–water partition coefficient (Wildman–Crippen LogP) is 1.92. The first kappa shape index (κ1) is 17.9. The molecule has 0 aliphatic heterocycles. The molecule has 0 bridgehead atoms. The summed E-state index contributed by atoms with van der Waals surface area (Å²) in [6.07, 6.45) is 2.56. The summed E-state index contributed by atoms with van der Waals surface area (Å²) in [7, 11) is 0. The topological polar surface area (TPSA) is 64.9 Å². The van der Waals surface area contributed by atoms with E-state index in [4.69, 9.17) is 11.2 Å². The molecule has 1 aromatic carbocycles. The summed E-state index contributed by atoms with van der Waals surface area (Å²) < 4.78 is 31.9. The molecular formula is C16H18F2NO3-. The molecule has 0 fully saturated rings. The third-order valence-corrected chi connectivity index (χ3v) is 2.63. The molecule has 0 amide bonds. The highest BCUT2D eigenvalue weighted by atomic mass is 19.1. The van der Waals surface area contributed by atoms with E-state index in [0.717, 1.165) is 18.2 Å². The fourth-order valence-electron chi connectivity index (χ4n) is 1.72. The average molecular weight is 310 g/mol. The third kappa shape index (κ3) is 5.34. The fourth-order valence-corrected chi connectivity index (χ4v) is 1.72. The minimum atomic E-state index is -1.56. The molecule has 1 aromatic rings. The van der Waals surface area contributed by atoms with Crippen LogP contribution in [0.1, 0.15) is 38.9 Å². The molecule has 1 N–H and O–H groups in total. The molecule has 22 heavy (non-hydrogen) atoms. The first-order valence-electron chi connectivity index (χ1n) is 6.64. The third-order valence-electron chi connectivity index (χ3n) is 2.63. The van der Waals surface area contributed by atoms with Gasteiger partial charge in [0.15, 0.2) is 0 Å². The molecule has 120 valence electrons. The van der Waals surface area contributed by atoms with Gasteiger partial charge in [-0.15, -0.1) is 12.3 Å². The van der Waals surface area contributed by atoms with Gasteiger partial charge in [-0.05, 0) is 18.2 Å². The van der Waals surface area contributed by atoms with Crippen LogP contribution in [-0.4, -0.2) is 22.8 Å². The Hall–Kier alpha value is -2.13. The number of rotatable bonds is 4. The van der Waals surface area contributed by atoms with Gasteiger partial charge in [-0.1, -0.05) is 20.8 Å². The van der Waals surface area contributed by atoms with Crippen molar-refractivity contribution in [3.05, 3.63) is 35.4 Å². The second-order valence-corrected chi connectivity index (χ2v) is 5.70. The summed E-state index contributed by atoms with van der Waals surface area (Å²) in [5.74, 6) is 0.718. The number of hydrogen-bond donors (Lipinski definition) is 1. The molecule has 0 aromatic heterocycles. The number of ether oxygens (including phenoxy) is 1. The Bertz CT molecular complexity index is 588. The predicted molar refractivity (Wildman–Crippen MR) is 76.8 cm³/mol. The molecule has 0 heterocycles. The van der Waals surface area contributed by atoms with E-state index < -0.39 is 35.5 Å². The lowest BCUT2D eigenvalue weighted by Crippen LogP contribution is -2.34. The molecule has 6 heteroatoms. The highest BCUT2D eigenvalue weighted by molar-refractivity contribution is 5.62. The van der Waals surface area contributed by atoms with Gasteiger partial charge in [-0.3, -0.25) is 4.99 Å². The lowest BCUT2D eigenvalue weighted by Gasteiger charge is -2.30. The highest BCUT2D eigenvalue weighted by Gasteiger charge is 2.23. The zero-order valence-electron chi connectivity index (χ0n) is 12.6. The van der Waals surface area contributed by atoms with Crippen LogP contribution in [0.25, 0.3) is 0 Å². The highest BCUT2D eigenvalue weighted by Crippen LogP contribution is 2.25. The van der Waals surface area contributed by atoms with Gasteiger partial charge in [0, 0.05) is 17.6 Å². The Morgan fingerprint density at radius 1 is 1.45 bits per heavy atom. The molecule has 0 aliphatic rings. The number of halogens is 2. The van der Waals surface area contributed by atoms with Crippen molar-refractivity contribution in [1.29, 1.82) is 0 Å². The summed E-state index contributed by atoms with van der Waals surface area (Å²) in [6, 6.07) is 1.52. The van der Waals surface area contributed by atoms with Crippen LogP contribution in [0.4, 0.5) is 8.78 Å². The number of benzene rings is 1. The Balaban J connectivity index is 3.07. The Morgan fingerprint density at radius 3 is 2.64 bits per heavy atom. The molecule has 0 radical (unpaired) electrons. The minimum absolute atomic E-state index is 0.129. The van der Waals surface area contributed by atoms with E-state index in [1.54, 1.807) is 20.8 Å². The second kappa shape index (κ2) is 7.23. The van der Waals surface area contributed by atoms with E-state index in [-0.39, 0.29) is 12.0 Å². The molecule has 4 nitrogen and oxygen atoms in total. The van der Waals surface area contributed by atoms with Crippen LogP contribution in [0, 0.1) is 24.0 Å². The van der Waals surface area contributed by atoms with Crippen molar-refractivity contribution in [2.24, 2.45) is 4.99 Å². The van der Waals surface area contributed by atoms with Gasteiger partial charge in [0.2, 0.25) is 0 Å². The van der Waals surface area contributed by atoms with Gasteiger partial charge in [-0.2, -0.15) is 0 Å². The Kier molecular flexibility index (Phi) is 5.89. The molecular weight excluding hydrogens is 292 g/mol. The molecule has 0 saturated heterocycles. The maximum Gasteiger partial charge on any atom is 0.146 e. The zero-order valence-corrected chi connectivity index (χ0v) is 12.6. The van der Waals surface area contributed by atoms with Crippen molar-refractivity contribution in [3.63, 3.8) is 0 Å². The largest absolute Gasteiger partial charge is 0.595 e. The number of aliphatic imine (C=N–C) groups is 1. The van der Waals surface area contributed by atoms with Crippen molar-refractivity contribution in [2.75, 3.05) is 0 Å². The summed E-state index contributed by atoms with van der Waals surface area (Å²) >= 11 is 0. The SMILES string of the molecule is C#CC[C@H](N=C([O-])OC(C)(C)C)C(O)c1cc(F)ccc1F. The van der Waals surface area contributed by atoms with Crippen molar-refractivity contribution in [3.8, 4) is 12.3 Å². The molecule has 0 spiro atoms. The normalized spacial score (nSPS) is 15.0. The summed E-state index contributed by atoms with van der Waals surface area (Å²) in [5, 5.41) is 21.9. The molecule has 2 atom stereocenters. The minimum Gasteiger partial charge on any atom is -0.595 e. The number of hydrogen-bond acceptors (Lipinski definition) is 4. The van der Waals surface area contributed by atoms with Crippen LogP contribution in [-0.2, 0) is 4.74 Å². The first-order chi connectivity index (χ1) is 10.1. The molecule has 0 saturated carbocycles. The van der Waals surface area contributed by atoms with Crippen LogP contribution >= 0.6 is 0 Å². The van der Waals surface area contributed by atoms with Crippen LogP contribution in [0.5, 0.6) is 0 Å². The van der Waals surface area contributed by atoms with Crippen LogP contribution in [0.2, 0.25) is 0 Å². The van der Waals surface area contributed by atoms with Gasteiger partial charge in [0.1, 0.15) is 23.8 Å². The summed E-state index contributed by atoms with van der Waals surface area (Å²) in [6.45, 7) is 4.96. The smallest absolute Gasteiger partial charge is 0.146 e. The van der Waals surface area contributed by atoms with Crippen LogP contribution in [0.15, 0.2) is 23.2 Å². The lowest BCUT2D eigenvalue weighted by molar-refractivity contribution is -0.261. The molecule has 1 rings (SSSR count). The quantitative estimate of drug-likeness (QED) is 0.525. The standard InChI is InChI=1S/C16H19F2NO3/c1-5-6-13(19-15(21)22-16(2,3)4)14(20)11-9-10(17)7-8-12(11)18/h1,7-9,13-14,20H,6H2,2-4H3,(H,19,21)/p-1/t13-,14?/m0/s1. The lowest BCUT2D eigenvalue weighted by atomic mass is 10.00. The monoisotopic (exact) mass is 310 g/mol. The van der Waals surface area contributed by atoms with Crippen LogP contribution in [0.3, 0.4) is 0 Å².